The molecule has 0 heterocycles. The first-order valence-electron chi connectivity index (χ1n) is 7.80. The van der Waals surface area contributed by atoms with Crippen molar-refractivity contribution in [1.82, 2.24) is 0 Å². The summed E-state index contributed by atoms with van der Waals surface area (Å²) in [5.74, 6) is -0.692. The predicted molar refractivity (Wildman–Crippen MR) is 89.0 cm³/mol. The standard InChI is InChI=1S/C15H30O2.C3H8/c1-12(2,3)14(7,8)10-15(9,11(16)17)13(4,5)6;1-3-2/h10H2,1-9H3,(H,16,17);3H2,1-2H3. The zero-order valence-corrected chi connectivity index (χ0v) is 15.8. The van der Waals surface area contributed by atoms with E-state index in [0.29, 0.717) is 6.42 Å². The highest BCUT2D eigenvalue weighted by atomic mass is 16.4. The van der Waals surface area contributed by atoms with Crippen LogP contribution in [0, 0.1) is 21.7 Å². The van der Waals surface area contributed by atoms with E-state index >= 15 is 0 Å². The van der Waals surface area contributed by atoms with Gasteiger partial charge in [0.1, 0.15) is 0 Å². The summed E-state index contributed by atoms with van der Waals surface area (Å²) in [4.78, 5) is 11.7. The minimum atomic E-state index is -0.705. The fraction of sp³-hybridized carbons (Fsp3) is 0.944. The van der Waals surface area contributed by atoms with Gasteiger partial charge in [-0.25, -0.2) is 0 Å². The van der Waals surface area contributed by atoms with E-state index in [-0.39, 0.29) is 16.2 Å². The lowest BCUT2D eigenvalue weighted by atomic mass is 9.55. The van der Waals surface area contributed by atoms with Crippen molar-refractivity contribution >= 4 is 5.97 Å². The molecule has 0 saturated heterocycles. The summed E-state index contributed by atoms with van der Waals surface area (Å²) in [5, 5.41) is 9.60. The molecule has 2 nitrogen and oxygen atoms in total. The van der Waals surface area contributed by atoms with Gasteiger partial charge in [-0.3, -0.25) is 4.79 Å². The van der Waals surface area contributed by atoms with Gasteiger partial charge in [0.2, 0.25) is 0 Å². The van der Waals surface area contributed by atoms with Crippen molar-refractivity contribution in [3.05, 3.63) is 0 Å². The van der Waals surface area contributed by atoms with Gasteiger partial charge in [-0.15, -0.1) is 0 Å². The van der Waals surface area contributed by atoms with Crippen LogP contribution in [0.15, 0.2) is 0 Å². The Kier molecular flexibility index (Phi) is 7.57. The third kappa shape index (κ3) is 5.46. The summed E-state index contributed by atoms with van der Waals surface area (Å²) < 4.78 is 0. The van der Waals surface area contributed by atoms with Crippen LogP contribution in [0.1, 0.15) is 89.0 Å². The Morgan fingerprint density at radius 3 is 1.25 bits per heavy atom. The molecule has 0 fully saturated rings. The van der Waals surface area contributed by atoms with Crippen LogP contribution in [0.3, 0.4) is 0 Å². The summed E-state index contributed by atoms with van der Waals surface area (Å²) in [7, 11) is 0. The molecule has 1 N–H and O–H groups in total. The first-order valence-corrected chi connectivity index (χ1v) is 7.80. The zero-order chi connectivity index (χ0) is 17.0. The summed E-state index contributed by atoms with van der Waals surface area (Å²) in [5.41, 5.74) is -0.881. The highest BCUT2D eigenvalue weighted by Gasteiger charge is 2.50. The molecule has 0 radical (unpaired) electrons. The molecule has 0 bridgehead atoms. The fourth-order valence-electron chi connectivity index (χ4n) is 1.81. The van der Waals surface area contributed by atoms with Crippen molar-refractivity contribution in [2.24, 2.45) is 21.7 Å². The van der Waals surface area contributed by atoms with Gasteiger partial charge >= 0.3 is 5.97 Å². The number of rotatable bonds is 3. The average Bonchev–Trinajstić information content (AvgIpc) is 2.13. The Hall–Kier alpha value is -0.530. The smallest absolute Gasteiger partial charge is 0.309 e. The third-order valence-corrected chi connectivity index (χ3v) is 4.95. The maximum Gasteiger partial charge on any atom is 0.309 e. The molecule has 0 aromatic heterocycles. The topological polar surface area (TPSA) is 37.3 Å². The lowest BCUT2D eigenvalue weighted by Gasteiger charge is -2.48. The maximum absolute atomic E-state index is 11.7. The largest absolute Gasteiger partial charge is 0.481 e. The SMILES string of the molecule is CC(C)(C)C(C)(C)CC(C)(C(=O)O)C(C)(C)C.CCC. The molecule has 0 amide bonds. The van der Waals surface area contributed by atoms with Crippen molar-refractivity contribution < 1.29 is 9.90 Å². The maximum atomic E-state index is 11.7. The normalized spacial score (nSPS) is 15.9. The summed E-state index contributed by atoms with van der Waals surface area (Å²) >= 11 is 0. The van der Waals surface area contributed by atoms with E-state index in [1.54, 1.807) is 0 Å². The second-order valence-corrected chi connectivity index (χ2v) is 8.91. The highest BCUT2D eigenvalue weighted by molar-refractivity contribution is 5.75. The van der Waals surface area contributed by atoms with Gasteiger partial charge < -0.3 is 5.11 Å². The molecule has 0 aliphatic rings. The lowest BCUT2D eigenvalue weighted by molar-refractivity contribution is -0.159. The quantitative estimate of drug-likeness (QED) is 0.690. The fourth-order valence-corrected chi connectivity index (χ4v) is 1.81. The van der Waals surface area contributed by atoms with Crippen molar-refractivity contribution in [2.45, 2.75) is 89.0 Å². The summed E-state index contributed by atoms with van der Waals surface area (Å²) in [6, 6.07) is 0. The molecule has 20 heavy (non-hydrogen) atoms. The Morgan fingerprint density at radius 1 is 0.800 bits per heavy atom. The Morgan fingerprint density at radius 2 is 1.10 bits per heavy atom. The number of carboxylic acid groups (broad SMARTS) is 1. The number of hydrogen-bond acceptors (Lipinski definition) is 1. The van der Waals surface area contributed by atoms with Crippen LogP contribution >= 0.6 is 0 Å². The second kappa shape index (κ2) is 6.95. The first kappa shape index (κ1) is 21.8. The number of carbonyl (C=O) groups is 1. The van der Waals surface area contributed by atoms with E-state index < -0.39 is 11.4 Å². The van der Waals surface area contributed by atoms with Crippen LogP contribution in [-0.4, -0.2) is 11.1 Å². The lowest BCUT2D eigenvalue weighted by Crippen LogP contribution is -2.46. The first-order chi connectivity index (χ1) is 8.56. The third-order valence-electron chi connectivity index (χ3n) is 4.95. The molecule has 0 aliphatic heterocycles. The number of carboxylic acids is 1. The Labute approximate surface area is 127 Å². The van der Waals surface area contributed by atoms with Crippen molar-refractivity contribution in [1.29, 1.82) is 0 Å². The molecule has 0 aromatic rings. The molecule has 122 valence electrons. The molecule has 0 aromatic carbocycles. The van der Waals surface area contributed by atoms with E-state index in [9.17, 15) is 9.90 Å². The van der Waals surface area contributed by atoms with Crippen LogP contribution in [0.5, 0.6) is 0 Å². The van der Waals surface area contributed by atoms with E-state index in [1.165, 1.54) is 6.42 Å². The van der Waals surface area contributed by atoms with E-state index in [0.717, 1.165) is 0 Å². The Balaban J connectivity index is 0. The molecule has 0 aliphatic carbocycles. The van der Waals surface area contributed by atoms with Crippen molar-refractivity contribution in [3.63, 3.8) is 0 Å². The molecule has 1 atom stereocenters. The molecule has 0 rings (SSSR count). The van der Waals surface area contributed by atoms with Gasteiger partial charge in [0.15, 0.2) is 0 Å². The van der Waals surface area contributed by atoms with E-state index in [2.05, 4.69) is 48.5 Å². The average molecular weight is 286 g/mol. The van der Waals surface area contributed by atoms with Crippen LogP contribution in [0.25, 0.3) is 0 Å². The molecule has 0 spiro atoms. The van der Waals surface area contributed by atoms with Crippen LogP contribution in [0.2, 0.25) is 0 Å². The van der Waals surface area contributed by atoms with Crippen LogP contribution in [0.4, 0.5) is 0 Å². The van der Waals surface area contributed by atoms with Crippen LogP contribution < -0.4 is 0 Å². The monoisotopic (exact) mass is 286 g/mol. The minimum absolute atomic E-state index is 0.0204. The summed E-state index contributed by atoms with van der Waals surface area (Å²) in [6.07, 6.45) is 1.93. The predicted octanol–water partition coefficient (Wildman–Crippen LogP) is 6.00. The molecule has 2 heteroatoms. The van der Waals surface area contributed by atoms with Gasteiger partial charge in [-0.2, -0.15) is 0 Å². The highest BCUT2D eigenvalue weighted by Crippen LogP contribution is 2.52. The zero-order valence-electron chi connectivity index (χ0n) is 15.8. The van der Waals surface area contributed by atoms with Crippen molar-refractivity contribution in [2.75, 3.05) is 0 Å². The molecular weight excluding hydrogens is 248 g/mol. The van der Waals surface area contributed by atoms with Gasteiger partial charge in [0, 0.05) is 0 Å². The number of hydrogen-bond donors (Lipinski definition) is 1. The molecule has 1 unspecified atom stereocenters. The minimum Gasteiger partial charge on any atom is -0.481 e. The van der Waals surface area contributed by atoms with Gasteiger partial charge in [0.05, 0.1) is 5.41 Å². The van der Waals surface area contributed by atoms with E-state index in [1.807, 2.05) is 27.7 Å². The summed E-state index contributed by atoms with van der Waals surface area (Å²) in [6.45, 7) is 23.0. The van der Waals surface area contributed by atoms with Gasteiger partial charge in [0.25, 0.3) is 0 Å². The van der Waals surface area contributed by atoms with Gasteiger partial charge in [-0.1, -0.05) is 75.7 Å². The van der Waals surface area contributed by atoms with E-state index in [4.69, 9.17) is 0 Å². The van der Waals surface area contributed by atoms with Crippen molar-refractivity contribution in [3.8, 4) is 0 Å². The number of aliphatic carboxylic acids is 1. The molecule has 0 saturated carbocycles. The van der Waals surface area contributed by atoms with Gasteiger partial charge in [-0.05, 0) is 29.6 Å². The van der Waals surface area contributed by atoms with Crippen LogP contribution in [-0.2, 0) is 4.79 Å². The Bertz CT molecular complexity index is 302. The second-order valence-electron chi connectivity index (χ2n) is 8.91. The molecular formula is C18H38O2.